The maximum Gasteiger partial charge on any atom is 0.347 e. The molecular formula is C25H29N3O6. The van der Waals surface area contributed by atoms with E-state index in [1.807, 2.05) is 38.1 Å². The number of aliphatic carboxylic acids is 1. The number of ether oxygens (including phenoxy) is 2. The number of benzene rings is 2. The summed E-state index contributed by atoms with van der Waals surface area (Å²) >= 11 is 0. The van der Waals surface area contributed by atoms with Crippen LogP contribution in [0.25, 0.3) is 0 Å². The van der Waals surface area contributed by atoms with E-state index in [2.05, 4.69) is 5.10 Å². The van der Waals surface area contributed by atoms with E-state index < -0.39 is 17.5 Å². The monoisotopic (exact) mass is 467 g/mol. The van der Waals surface area contributed by atoms with Gasteiger partial charge in [-0.15, -0.1) is 0 Å². The first-order chi connectivity index (χ1) is 16.1. The summed E-state index contributed by atoms with van der Waals surface area (Å²) in [4.78, 5) is 36.6. The van der Waals surface area contributed by atoms with E-state index in [9.17, 15) is 14.4 Å². The average Bonchev–Trinajstić information content (AvgIpc) is 3.08. The third-order valence-electron chi connectivity index (χ3n) is 5.21. The van der Waals surface area contributed by atoms with E-state index in [-0.39, 0.29) is 17.9 Å². The van der Waals surface area contributed by atoms with Gasteiger partial charge in [0.1, 0.15) is 5.75 Å². The van der Waals surface area contributed by atoms with Gasteiger partial charge < -0.3 is 14.6 Å². The Morgan fingerprint density at radius 1 is 1.06 bits per heavy atom. The molecule has 1 aromatic heterocycles. The van der Waals surface area contributed by atoms with Crippen LogP contribution in [0.4, 0.5) is 0 Å². The second-order valence-electron chi connectivity index (χ2n) is 8.51. The Labute approximate surface area is 197 Å². The Kier molecular flexibility index (Phi) is 7.55. The van der Waals surface area contributed by atoms with Crippen LogP contribution in [0.2, 0.25) is 0 Å². The SMILES string of the molecule is CCCn1c(COC(=O)c2ccc(OC(C)(C)C(=O)O)cc2)nn(Cc2ccc(C)cc2)c1=O. The second kappa shape index (κ2) is 10.4. The average molecular weight is 468 g/mol. The zero-order valence-electron chi connectivity index (χ0n) is 19.8. The van der Waals surface area contributed by atoms with E-state index in [1.165, 1.54) is 47.4 Å². The van der Waals surface area contributed by atoms with Crippen LogP contribution in [0.5, 0.6) is 5.75 Å². The zero-order chi connectivity index (χ0) is 24.9. The number of rotatable bonds is 10. The van der Waals surface area contributed by atoms with Crippen molar-refractivity contribution in [3.63, 3.8) is 0 Å². The van der Waals surface area contributed by atoms with E-state index >= 15 is 0 Å². The number of carbonyl (C=O) groups excluding carboxylic acids is 1. The molecule has 0 radical (unpaired) electrons. The molecule has 0 fully saturated rings. The second-order valence-corrected chi connectivity index (χ2v) is 8.51. The molecule has 0 saturated carbocycles. The molecular weight excluding hydrogens is 438 g/mol. The van der Waals surface area contributed by atoms with Crippen molar-refractivity contribution in [2.24, 2.45) is 0 Å². The van der Waals surface area contributed by atoms with Crippen LogP contribution in [-0.4, -0.2) is 37.0 Å². The number of aryl methyl sites for hydroxylation is 1. The van der Waals surface area contributed by atoms with Gasteiger partial charge in [0.25, 0.3) is 0 Å². The van der Waals surface area contributed by atoms with E-state index in [4.69, 9.17) is 14.6 Å². The molecule has 2 aromatic carbocycles. The minimum Gasteiger partial charge on any atom is -0.478 e. The van der Waals surface area contributed by atoms with Gasteiger partial charge in [0.15, 0.2) is 18.0 Å². The minimum absolute atomic E-state index is 0.154. The number of carbonyl (C=O) groups is 2. The van der Waals surface area contributed by atoms with Crippen LogP contribution < -0.4 is 10.4 Å². The summed E-state index contributed by atoms with van der Waals surface area (Å²) in [5.41, 5.74) is 0.693. The smallest absolute Gasteiger partial charge is 0.347 e. The molecule has 0 bridgehead atoms. The summed E-state index contributed by atoms with van der Waals surface area (Å²) in [6, 6.07) is 13.8. The minimum atomic E-state index is -1.40. The Morgan fingerprint density at radius 3 is 2.29 bits per heavy atom. The highest BCUT2D eigenvalue weighted by molar-refractivity contribution is 5.89. The third kappa shape index (κ3) is 5.92. The van der Waals surface area contributed by atoms with Crippen LogP contribution >= 0.6 is 0 Å². The lowest BCUT2D eigenvalue weighted by Gasteiger charge is -2.21. The first-order valence-electron chi connectivity index (χ1n) is 11.0. The lowest BCUT2D eigenvalue weighted by atomic mass is 10.1. The van der Waals surface area contributed by atoms with Gasteiger partial charge in [-0.1, -0.05) is 36.8 Å². The Hall–Kier alpha value is -3.88. The van der Waals surface area contributed by atoms with E-state index in [1.54, 1.807) is 0 Å². The van der Waals surface area contributed by atoms with Gasteiger partial charge in [-0.3, -0.25) is 4.57 Å². The summed E-state index contributed by atoms with van der Waals surface area (Å²) in [6.07, 6.45) is 0.727. The molecule has 0 spiro atoms. The quantitative estimate of drug-likeness (QED) is 0.455. The summed E-state index contributed by atoms with van der Waals surface area (Å²) in [5.74, 6) is -1.00. The maximum atomic E-state index is 12.8. The van der Waals surface area contributed by atoms with Crippen LogP contribution in [0.3, 0.4) is 0 Å². The zero-order valence-corrected chi connectivity index (χ0v) is 19.8. The first-order valence-corrected chi connectivity index (χ1v) is 11.0. The molecule has 9 nitrogen and oxygen atoms in total. The lowest BCUT2D eigenvalue weighted by Crippen LogP contribution is -2.37. The topological polar surface area (TPSA) is 113 Å². The van der Waals surface area contributed by atoms with Crippen molar-refractivity contribution >= 4 is 11.9 Å². The molecule has 1 N–H and O–H groups in total. The van der Waals surface area contributed by atoms with Crippen LogP contribution in [-0.2, 0) is 29.2 Å². The number of aromatic nitrogens is 3. The predicted molar refractivity (Wildman–Crippen MR) is 125 cm³/mol. The number of carboxylic acid groups (broad SMARTS) is 1. The van der Waals surface area contributed by atoms with Gasteiger partial charge in [0, 0.05) is 6.54 Å². The molecule has 0 aliphatic carbocycles. The molecule has 0 saturated heterocycles. The van der Waals surface area contributed by atoms with Crippen molar-refractivity contribution in [2.45, 2.75) is 59.4 Å². The van der Waals surface area contributed by atoms with Crippen LogP contribution in [0, 0.1) is 6.92 Å². The van der Waals surface area contributed by atoms with Crippen molar-refractivity contribution in [3.05, 3.63) is 81.5 Å². The summed E-state index contributed by atoms with van der Waals surface area (Å²) in [6.45, 7) is 7.45. The van der Waals surface area contributed by atoms with Crippen molar-refractivity contribution in [2.75, 3.05) is 0 Å². The Morgan fingerprint density at radius 2 is 1.71 bits per heavy atom. The molecule has 3 aromatic rings. The van der Waals surface area contributed by atoms with Gasteiger partial charge in [-0.05, 0) is 57.0 Å². The Balaban J connectivity index is 1.70. The third-order valence-corrected chi connectivity index (χ3v) is 5.21. The lowest BCUT2D eigenvalue weighted by molar-refractivity contribution is -0.152. The van der Waals surface area contributed by atoms with Crippen molar-refractivity contribution in [3.8, 4) is 5.75 Å². The number of carboxylic acids is 1. The highest BCUT2D eigenvalue weighted by Gasteiger charge is 2.29. The molecule has 180 valence electrons. The van der Waals surface area contributed by atoms with Gasteiger partial charge in [-0.2, -0.15) is 5.10 Å². The van der Waals surface area contributed by atoms with Gasteiger partial charge >= 0.3 is 17.6 Å². The number of hydrogen-bond acceptors (Lipinski definition) is 6. The van der Waals surface area contributed by atoms with Crippen molar-refractivity contribution < 1.29 is 24.2 Å². The van der Waals surface area contributed by atoms with Crippen LogP contribution in [0.1, 0.15) is 54.5 Å². The highest BCUT2D eigenvalue weighted by Crippen LogP contribution is 2.20. The fourth-order valence-corrected chi connectivity index (χ4v) is 3.22. The fraction of sp³-hybridized carbons (Fsp3) is 0.360. The highest BCUT2D eigenvalue weighted by atomic mass is 16.5. The molecule has 1 heterocycles. The number of hydrogen-bond donors (Lipinski definition) is 1. The van der Waals surface area contributed by atoms with E-state index in [0.29, 0.717) is 24.7 Å². The summed E-state index contributed by atoms with van der Waals surface area (Å²) in [5, 5.41) is 13.6. The molecule has 0 atom stereocenters. The summed E-state index contributed by atoms with van der Waals surface area (Å²) < 4.78 is 13.7. The summed E-state index contributed by atoms with van der Waals surface area (Å²) in [7, 11) is 0. The molecule has 0 amide bonds. The maximum absolute atomic E-state index is 12.8. The number of esters is 1. The fourth-order valence-electron chi connectivity index (χ4n) is 3.22. The largest absolute Gasteiger partial charge is 0.478 e. The van der Waals surface area contributed by atoms with Gasteiger partial charge in [-0.25, -0.2) is 19.1 Å². The van der Waals surface area contributed by atoms with Crippen LogP contribution in [0.15, 0.2) is 53.3 Å². The first kappa shape index (κ1) is 24.8. The standard InChI is InChI=1S/C25H29N3O6/c1-5-14-27-21(26-28(24(27)32)15-18-8-6-17(2)7-9-18)16-33-22(29)19-10-12-20(13-11-19)34-25(3,4)23(30)31/h6-13H,5,14-16H2,1-4H3,(H,30,31). The van der Waals surface area contributed by atoms with Gasteiger partial charge in [0.2, 0.25) is 0 Å². The van der Waals surface area contributed by atoms with E-state index in [0.717, 1.165) is 17.5 Å². The number of nitrogens with zero attached hydrogens (tertiary/aromatic N) is 3. The molecule has 0 unspecified atom stereocenters. The molecule has 0 aliphatic heterocycles. The Bertz CT molecular complexity index is 1210. The van der Waals surface area contributed by atoms with Gasteiger partial charge in [0.05, 0.1) is 12.1 Å². The predicted octanol–water partition coefficient (Wildman–Crippen LogP) is 3.41. The normalized spacial score (nSPS) is 11.3. The molecule has 3 rings (SSSR count). The van der Waals surface area contributed by atoms with Crippen molar-refractivity contribution in [1.29, 1.82) is 0 Å². The molecule has 34 heavy (non-hydrogen) atoms. The molecule has 9 heteroatoms. The van der Waals surface area contributed by atoms with Crippen molar-refractivity contribution in [1.82, 2.24) is 14.3 Å². The molecule has 0 aliphatic rings.